The van der Waals surface area contributed by atoms with Crippen molar-refractivity contribution in [1.82, 2.24) is 4.90 Å². The molecule has 1 rings (SSSR count). The maximum absolute atomic E-state index is 12.0. The molecule has 1 aliphatic heterocycles. The van der Waals surface area contributed by atoms with Gasteiger partial charge in [-0.2, -0.15) is 0 Å². The topological polar surface area (TPSA) is 55.6 Å². The van der Waals surface area contributed by atoms with Gasteiger partial charge in [0.1, 0.15) is 0 Å². The summed E-state index contributed by atoms with van der Waals surface area (Å²) in [5, 5.41) is 0. The monoisotopic (exact) mass is 270 g/mol. The lowest BCUT2D eigenvalue weighted by atomic mass is 10.0. The molecule has 1 fully saturated rings. The van der Waals surface area contributed by atoms with Gasteiger partial charge in [-0.05, 0) is 38.0 Å². The van der Waals surface area contributed by atoms with Crippen LogP contribution in [0.2, 0.25) is 0 Å². The first-order chi connectivity index (χ1) is 9.00. The van der Waals surface area contributed by atoms with Crippen LogP contribution < -0.4 is 5.73 Å². The fourth-order valence-electron chi connectivity index (χ4n) is 2.31. The Hall–Kier alpha value is -0.610. The van der Waals surface area contributed by atoms with E-state index in [9.17, 15) is 4.79 Å². The molecule has 2 N–H and O–H groups in total. The Morgan fingerprint density at radius 3 is 2.74 bits per heavy atom. The van der Waals surface area contributed by atoms with Crippen LogP contribution in [-0.4, -0.2) is 43.2 Å². The smallest absolute Gasteiger partial charge is 0.222 e. The van der Waals surface area contributed by atoms with Gasteiger partial charge < -0.3 is 15.4 Å². The second-order valence-electron chi connectivity index (χ2n) is 6.04. The summed E-state index contributed by atoms with van der Waals surface area (Å²) in [6, 6.07) is 0.178. The molecular weight excluding hydrogens is 240 g/mol. The zero-order chi connectivity index (χ0) is 14.3. The summed E-state index contributed by atoms with van der Waals surface area (Å²) in [6.45, 7) is 5.85. The van der Waals surface area contributed by atoms with E-state index in [-0.39, 0.29) is 11.9 Å². The lowest BCUT2D eigenvalue weighted by Gasteiger charge is -2.24. The molecule has 4 nitrogen and oxygen atoms in total. The van der Waals surface area contributed by atoms with Gasteiger partial charge in [-0.3, -0.25) is 4.79 Å². The number of amides is 1. The van der Waals surface area contributed by atoms with E-state index in [0.29, 0.717) is 18.4 Å². The van der Waals surface area contributed by atoms with E-state index in [0.717, 1.165) is 38.8 Å². The van der Waals surface area contributed by atoms with E-state index in [1.54, 1.807) is 0 Å². The molecule has 2 unspecified atom stereocenters. The highest BCUT2D eigenvalue weighted by Crippen LogP contribution is 2.17. The van der Waals surface area contributed by atoms with Gasteiger partial charge in [-0.25, -0.2) is 0 Å². The number of carbonyl (C=O) groups excluding carboxylic acids is 1. The highest BCUT2D eigenvalue weighted by atomic mass is 16.5. The molecule has 1 aliphatic rings. The van der Waals surface area contributed by atoms with Gasteiger partial charge in [0, 0.05) is 32.7 Å². The van der Waals surface area contributed by atoms with Crippen LogP contribution in [0.25, 0.3) is 0 Å². The Balaban J connectivity index is 2.17. The Labute approximate surface area is 117 Å². The summed E-state index contributed by atoms with van der Waals surface area (Å²) < 4.78 is 5.65. The molecule has 1 saturated heterocycles. The second kappa shape index (κ2) is 8.54. The predicted molar refractivity (Wildman–Crippen MR) is 77.9 cm³/mol. The fourth-order valence-corrected chi connectivity index (χ4v) is 2.31. The first-order valence-corrected chi connectivity index (χ1v) is 7.62. The van der Waals surface area contributed by atoms with E-state index in [2.05, 4.69) is 13.8 Å². The van der Waals surface area contributed by atoms with Crippen molar-refractivity contribution in [2.45, 2.75) is 64.5 Å². The zero-order valence-electron chi connectivity index (χ0n) is 12.7. The van der Waals surface area contributed by atoms with Crippen LogP contribution in [0, 0.1) is 5.92 Å². The van der Waals surface area contributed by atoms with Crippen molar-refractivity contribution in [3.05, 3.63) is 0 Å². The van der Waals surface area contributed by atoms with Crippen LogP contribution in [0.4, 0.5) is 0 Å². The van der Waals surface area contributed by atoms with Gasteiger partial charge in [-0.1, -0.05) is 13.8 Å². The highest BCUT2D eigenvalue weighted by Gasteiger charge is 2.17. The maximum Gasteiger partial charge on any atom is 0.222 e. The molecule has 1 amide bonds. The van der Waals surface area contributed by atoms with Crippen LogP contribution in [0.1, 0.15) is 52.4 Å². The van der Waals surface area contributed by atoms with Crippen molar-refractivity contribution < 1.29 is 9.53 Å². The molecule has 0 radical (unpaired) electrons. The molecule has 2 atom stereocenters. The van der Waals surface area contributed by atoms with E-state index in [1.807, 2.05) is 11.9 Å². The van der Waals surface area contributed by atoms with Crippen molar-refractivity contribution in [3.63, 3.8) is 0 Å². The van der Waals surface area contributed by atoms with Crippen LogP contribution in [0.3, 0.4) is 0 Å². The molecule has 0 bridgehead atoms. The second-order valence-corrected chi connectivity index (χ2v) is 6.04. The summed E-state index contributed by atoms with van der Waals surface area (Å²) in [6.07, 6.45) is 6.13. The van der Waals surface area contributed by atoms with E-state index >= 15 is 0 Å². The van der Waals surface area contributed by atoms with Crippen molar-refractivity contribution in [1.29, 1.82) is 0 Å². The Morgan fingerprint density at radius 1 is 1.42 bits per heavy atom. The van der Waals surface area contributed by atoms with Crippen LogP contribution >= 0.6 is 0 Å². The molecule has 0 spiro atoms. The standard InChI is InChI=1S/C15H30N2O2/c1-12(2)14(16)9-10-17(3)15(18)8-7-13-6-4-5-11-19-13/h12-14H,4-11,16H2,1-3H3. The number of nitrogens with zero attached hydrogens (tertiary/aromatic N) is 1. The molecule has 0 aliphatic carbocycles. The normalized spacial score (nSPS) is 21.4. The molecule has 4 heteroatoms. The third-order valence-electron chi connectivity index (χ3n) is 4.03. The van der Waals surface area contributed by atoms with Crippen molar-refractivity contribution in [2.75, 3.05) is 20.2 Å². The minimum Gasteiger partial charge on any atom is -0.378 e. The van der Waals surface area contributed by atoms with Crippen LogP contribution in [0.15, 0.2) is 0 Å². The molecule has 19 heavy (non-hydrogen) atoms. The summed E-state index contributed by atoms with van der Waals surface area (Å²) in [7, 11) is 1.87. The number of rotatable bonds is 7. The average Bonchev–Trinajstić information content (AvgIpc) is 2.42. The van der Waals surface area contributed by atoms with Crippen molar-refractivity contribution in [2.24, 2.45) is 11.7 Å². The van der Waals surface area contributed by atoms with Gasteiger partial charge in [0.05, 0.1) is 6.10 Å². The molecule has 112 valence electrons. The third-order valence-corrected chi connectivity index (χ3v) is 4.03. The molecular formula is C15H30N2O2. The first-order valence-electron chi connectivity index (χ1n) is 7.62. The number of carbonyl (C=O) groups is 1. The van der Waals surface area contributed by atoms with Gasteiger partial charge in [0.25, 0.3) is 0 Å². The maximum atomic E-state index is 12.0. The minimum atomic E-state index is 0.178. The predicted octanol–water partition coefficient (Wildman–Crippen LogP) is 2.17. The number of hydrogen-bond donors (Lipinski definition) is 1. The Bertz CT molecular complexity index is 263. The molecule has 0 saturated carbocycles. The minimum absolute atomic E-state index is 0.178. The van der Waals surface area contributed by atoms with Crippen LogP contribution in [-0.2, 0) is 9.53 Å². The fraction of sp³-hybridized carbons (Fsp3) is 0.933. The third kappa shape index (κ3) is 6.39. The highest BCUT2D eigenvalue weighted by molar-refractivity contribution is 5.75. The summed E-state index contributed by atoms with van der Waals surface area (Å²) in [5.74, 6) is 0.685. The average molecular weight is 270 g/mol. The number of nitrogens with two attached hydrogens (primary N) is 1. The Morgan fingerprint density at radius 2 is 2.16 bits per heavy atom. The lowest BCUT2D eigenvalue weighted by molar-refractivity contribution is -0.131. The Kier molecular flexibility index (Phi) is 7.39. The molecule has 0 aromatic heterocycles. The summed E-state index contributed by atoms with van der Waals surface area (Å²) in [4.78, 5) is 13.8. The van der Waals surface area contributed by atoms with E-state index in [1.165, 1.54) is 6.42 Å². The zero-order valence-corrected chi connectivity index (χ0v) is 12.7. The number of hydrogen-bond acceptors (Lipinski definition) is 3. The first kappa shape index (κ1) is 16.4. The number of ether oxygens (including phenoxy) is 1. The van der Waals surface area contributed by atoms with Crippen molar-refractivity contribution >= 4 is 5.91 Å². The lowest BCUT2D eigenvalue weighted by Crippen LogP contribution is -2.35. The molecule has 1 heterocycles. The van der Waals surface area contributed by atoms with Crippen LogP contribution in [0.5, 0.6) is 0 Å². The largest absolute Gasteiger partial charge is 0.378 e. The quantitative estimate of drug-likeness (QED) is 0.771. The van der Waals surface area contributed by atoms with Gasteiger partial charge in [0.15, 0.2) is 0 Å². The van der Waals surface area contributed by atoms with Crippen molar-refractivity contribution in [3.8, 4) is 0 Å². The summed E-state index contributed by atoms with van der Waals surface area (Å²) >= 11 is 0. The molecule has 0 aromatic carbocycles. The van der Waals surface area contributed by atoms with Gasteiger partial charge in [-0.15, -0.1) is 0 Å². The molecule has 0 aromatic rings. The van der Waals surface area contributed by atoms with E-state index < -0.39 is 0 Å². The van der Waals surface area contributed by atoms with Gasteiger partial charge in [0.2, 0.25) is 5.91 Å². The summed E-state index contributed by atoms with van der Waals surface area (Å²) in [5.41, 5.74) is 6.00. The van der Waals surface area contributed by atoms with E-state index in [4.69, 9.17) is 10.5 Å². The van der Waals surface area contributed by atoms with Gasteiger partial charge >= 0.3 is 0 Å². The SMILES string of the molecule is CC(C)C(N)CCN(C)C(=O)CCC1CCCCO1.